The highest BCUT2D eigenvalue weighted by Crippen LogP contribution is 2.42. The SMILES string of the molecule is Cc1cccc(F)c1CC(=O)c1cc2c(s1)-c1ccccc1N(C(=O)c1cccc(N(CCO)C3CCC3)n1)CC2. The zero-order valence-electron chi connectivity index (χ0n) is 23.0. The Morgan fingerprint density at radius 3 is 2.66 bits per heavy atom. The maximum Gasteiger partial charge on any atom is 0.276 e. The van der Waals surface area contributed by atoms with E-state index >= 15 is 0 Å². The van der Waals surface area contributed by atoms with Crippen LogP contribution in [0.15, 0.2) is 66.7 Å². The summed E-state index contributed by atoms with van der Waals surface area (Å²) in [5, 5.41) is 9.63. The lowest BCUT2D eigenvalue weighted by Gasteiger charge is -2.38. The number of aryl methyl sites for hydroxylation is 1. The van der Waals surface area contributed by atoms with Crippen LogP contribution in [0.25, 0.3) is 10.4 Å². The van der Waals surface area contributed by atoms with Crippen molar-refractivity contribution < 1.29 is 19.1 Å². The maximum atomic E-state index is 14.4. The number of nitrogens with zero attached hydrogens (tertiary/aromatic N) is 3. The minimum Gasteiger partial charge on any atom is -0.395 e. The molecule has 0 spiro atoms. The number of thiophene rings is 1. The number of carbonyl (C=O) groups is 2. The number of amides is 1. The molecule has 1 N–H and O–H groups in total. The molecule has 8 heteroatoms. The monoisotopic (exact) mass is 569 g/mol. The van der Waals surface area contributed by atoms with Gasteiger partial charge in [-0.15, -0.1) is 11.3 Å². The molecule has 1 saturated carbocycles. The number of fused-ring (bicyclic) bond motifs is 3. The van der Waals surface area contributed by atoms with Crippen LogP contribution in [0.4, 0.5) is 15.9 Å². The van der Waals surface area contributed by atoms with E-state index in [-0.39, 0.29) is 30.5 Å². The highest BCUT2D eigenvalue weighted by molar-refractivity contribution is 7.17. The highest BCUT2D eigenvalue weighted by Gasteiger charge is 2.30. The van der Waals surface area contributed by atoms with Crippen LogP contribution in [-0.4, -0.2) is 47.5 Å². The topological polar surface area (TPSA) is 73.7 Å². The molecule has 0 bridgehead atoms. The number of aliphatic hydroxyl groups is 1. The molecule has 3 heterocycles. The molecule has 0 unspecified atom stereocenters. The van der Waals surface area contributed by atoms with Crippen LogP contribution in [0.2, 0.25) is 0 Å². The van der Waals surface area contributed by atoms with E-state index in [1.165, 1.54) is 17.4 Å². The third kappa shape index (κ3) is 5.29. The van der Waals surface area contributed by atoms with Gasteiger partial charge in [0.25, 0.3) is 5.91 Å². The molecule has 210 valence electrons. The predicted octanol–water partition coefficient (Wildman–Crippen LogP) is 6.24. The molecule has 0 atom stereocenters. The Morgan fingerprint density at radius 2 is 1.90 bits per heavy atom. The quantitative estimate of drug-likeness (QED) is 0.255. The molecule has 2 aromatic carbocycles. The van der Waals surface area contributed by atoms with Gasteiger partial charge in [-0.05, 0) is 79.6 Å². The summed E-state index contributed by atoms with van der Waals surface area (Å²) >= 11 is 1.41. The number of hydrogen-bond donors (Lipinski definition) is 1. The van der Waals surface area contributed by atoms with E-state index in [2.05, 4.69) is 4.90 Å². The maximum absolute atomic E-state index is 14.4. The summed E-state index contributed by atoms with van der Waals surface area (Å²) in [6.45, 7) is 2.77. The first kappa shape index (κ1) is 27.3. The number of benzene rings is 2. The molecule has 0 saturated heterocycles. The summed E-state index contributed by atoms with van der Waals surface area (Å²) in [6, 6.07) is 20.4. The first-order chi connectivity index (χ1) is 19.9. The molecule has 2 aromatic heterocycles. The highest BCUT2D eigenvalue weighted by atomic mass is 32.1. The normalized spacial score (nSPS) is 14.6. The molecule has 1 fully saturated rings. The van der Waals surface area contributed by atoms with Crippen LogP contribution in [0, 0.1) is 12.7 Å². The van der Waals surface area contributed by atoms with E-state index in [1.54, 1.807) is 17.0 Å². The van der Waals surface area contributed by atoms with Crippen molar-refractivity contribution in [3.8, 4) is 10.4 Å². The second kappa shape index (κ2) is 11.5. The van der Waals surface area contributed by atoms with Gasteiger partial charge in [-0.3, -0.25) is 9.59 Å². The van der Waals surface area contributed by atoms with Crippen LogP contribution in [0.1, 0.15) is 56.1 Å². The largest absolute Gasteiger partial charge is 0.395 e. The van der Waals surface area contributed by atoms with Gasteiger partial charge in [-0.1, -0.05) is 36.4 Å². The van der Waals surface area contributed by atoms with E-state index in [1.807, 2.05) is 55.5 Å². The first-order valence-corrected chi connectivity index (χ1v) is 14.9. The van der Waals surface area contributed by atoms with Crippen LogP contribution in [0.5, 0.6) is 0 Å². The van der Waals surface area contributed by atoms with Crippen molar-refractivity contribution in [3.05, 3.63) is 99.8 Å². The third-order valence-electron chi connectivity index (χ3n) is 8.17. The standard InChI is InChI=1S/C33H32FN3O3S/c1-21-7-4-11-26(34)25(21)20-29(39)30-19-22-15-16-37(28-13-3-2-10-24(28)32(22)41-30)33(40)27-12-6-14-31(35-27)36(17-18-38)23-8-5-9-23/h2-4,6-7,10-14,19,23,38H,5,8-9,15-18,20H2,1H3. The van der Waals surface area contributed by atoms with Gasteiger partial charge < -0.3 is 14.9 Å². The third-order valence-corrected chi connectivity index (χ3v) is 9.42. The fourth-order valence-corrected chi connectivity index (χ4v) is 6.90. The van der Waals surface area contributed by atoms with Crippen molar-refractivity contribution >= 4 is 34.5 Å². The minimum atomic E-state index is -0.360. The number of rotatable bonds is 8. The number of aromatic nitrogens is 1. The number of anilines is 2. The van der Waals surface area contributed by atoms with E-state index in [0.717, 1.165) is 46.5 Å². The second-order valence-corrected chi connectivity index (χ2v) is 11.8. The number of carbonyl (C=O) groups excluding carboxylic acids is 2. The Kier molecular flexibility index (Phi) is 7.69. The Morgan fingerprint density at radius 1 is 1.10 bits per heavy atom. The molecular formula is C33H32FN3O3S. The second-order valence-electron chi connectivity index (χ2n) is 10.7. The Bertz CT molecular complexity index is 1590. The Labute approximate surface area is 243 Å². The predicted molar refractivity (Wildman–Crippen MR) is 161 cm³/mol. The number of hydrogen-bond acceptors (Lipinski definition) is 6. The number of pyridine rings is 1. The molecule has 41 heavy (non-hydrogen) atoms. The van der Waals surface area contributed by atoms with Gasteiger partial charge in [0.15, 0.2) is 5.78 Å². The lowest BCUT2D eigenvalue weighted by molar-refractivity contribution is 0.0978. The minimum absolute atomic E-state index is 0.0142. The van der Waals surface area contributed by atoms with Gasteiger partial charge in [0.05, 0.1) is 17.2 Å². The van der Waals surface area contributed by atoms with Gasteiger partial charge in [0.2, 0.25) is 0 Å². The number of ketones is 1. The average molecular weight is 570 g/mol. The first-order valence-electron chi connectivity index (χ1n) is 14.1. The van der Waals surface area contributed by atoms with Gasteiger partial charge in [-0.25, -0.2) is 9.37 Å². The molecule has 4 aromatic rings. The Hall–Kier alpha value is -3.88. The number of aliphatic hydroxyl groups excluding tert-OH is 1. The van der Waals surface area contributed by atoms with Crippen molar-refractivity contribution in [2.24, 2.45) is 0 Å². The summed E-state index contributed by atoms with van der Waals surface area (Å²) < 4.78 is 14.4. The van der Waals surface area contributed by atoms with Gasteiger partial charge in [0, 0.05) is 36.0 Å². The van der Waals surface area contributed by atoms with Gasteiger partial charge in [-0.2, -0.15) is 0 Å². The molecule has 1 aliphatic carbocycles. The zero-order valence-corrected chi connectivity index (χ0v) is 23.8. The average Bonchev–Trinajstić information content (AvgIpc) is 3.32. The van der Waals surface area contributed by atoms with Crippen molar-refractivity contribution in [2.45, 2.75) is 45.1 Å². The van der Waals surface area contributed by atoms with E-state index in [4.69, 9.17) is 4.98 Å². The summed E-state index contributed by atoms with van der Waals surface area (Å²) in [6.07, 6.45) is 3.88. The molecule has 1 aliphatic heterocycles. The van der Waals surface area contributed by atoms with Crippen LogP contribution >= 0.6 is 11.3 Å². The zero-order chi connectivity index (χ0) is 28.5. The fraction of sp³-hybridized carbons (Fsp3) is 0.303. The smallest absolute Gasteiger partial charge is 0.276 e. The number of Topliss-reactive ketones (excluding diaryl/α,β-unsaturated/α-hetero) is 1. The van der Waals surface area contributed by atoms with Crippen molar-refractivity contribution in [3.63, 3.8) is 0 Å². The molecule has 2 aliphatic rings. The van der Waals surface area contributed by atoms with E-state index < -0.39 is 0 Å². The van der Waals surface area contributed by atoms with Gasteiger partial charge >= 0.3 is 0 Å². The van der Waals surface area contributed by atoms with Crippen molar-refractivity contribution in [1.29, 1.82) is 0 Å². The molecule has 6 rings (SSSR count). The summed E-state index contributed by atoms with van der Waals surface area (Å²) in [5.74, 6) is 0.0609. The molecule has 6 nitrogen and oxygen atoms in total. The molecular weight excluding hydrogens is 537 g/mol. The number of para-hydroxylation sites is 1. The summed E-state index contributed by atoms with van der Waals surface area (Å²) in [5.41, 5.74) is 4.24. The van der Waals surface area contributed by atoms with Crippen LogP contribution in [-0.2, 0) is 12.8 Å². The van der Waals surface area contributed by atoms with Crippen LogP contribution in [0.3, 0.4) is 0 Å². The summed E-state index contributed by atoms with van der Waals surface area (Å²) in [4.78, 5) is 37.4. The lowest BCUT2D eigenvalue weighted by atomic mass is 9.91. The number of halogens is 1. The van der Waals surface area contributed by atoms with Gasteiger partial charge in [0.1, 0.15) is 17.3 Å². The van der Waals surface area contributed by atoms with Crippen molar-refractivity contribution in [1.82, 2.24) is 4.98 Å². The summed E-state index contributed by atoms with van der Waals surface area (Å²) in [7, 11) is 0. The molecule has 0 radical (unpaired) electrons. The van der Waals surface area contributed by atoms with Crippen molar-refractivity contribution in [2.75, 3.05) is 29.5 Å². The fourth-order valence-electron chi connectivity index (χ4n) is 5.71. The van der Waals surface area contributed by atoms with E-state index in [9.17, 15) is 19.1 Å². The van der Waals surface area contributed by atoms with Crippen LogP contribution < -0.4 is 9.80 Å². The Balaban J connectivity index is 1.29. The molecule has 1 amide bonds. The lowest BCUT2D eigenvalue weighted by Crippen LogP contribution is -2.42. The van der Waals surface area contributed by atoms with E-state index in [0.29, 0.717) is 47.5 Å².